The number of amides is 1. The zero-order valence-corrected chi connectivity index (χ0v) is 20.0. The SMILES string of the molecule is CC(Cc1cccc(CC(=O)NCc2cc(C(F)(F)F)ccc2F)c1)NCC(O)c1cc(O)cc(O)c1. The van der Waals surface area contributed by atoms with E-state index in [2.05, 4.69) is 10.6 Å². The van der Waals surface area contributed by atoms with Gasteiger partial charge in [-0.1, -0.05) is 24.3 Å². The lowest BCUT2D eigenvalue weighted by Gasteiger charge is -2.18. The number of aromatic hydroxyl groups is 2. The summed E-state index contributed by atoms with van der Waals surface area (Å²) in [6, 6.07) is 13.1. The number of benzene rings is 3. The van der Waals surface area contributed by atoms with Gasteiger partial charge in [0.25, 0.3) is 0 Å². The van der Waals surface area contributed by atoms with Crippen molar-refractivity contribution in [3.05, 3.63) is 94.3 Å². The maximum Gasteiger partial charge on any atom is 0.416 e. The van der Waals surface area contributed by atoms with Gasteiger partial charge >= 0.3 is 6.18 Å². The summed E-state index contributed by atoms with van der Waals surface area (Å²) in [7, 11) is 0. The highest BCUT2D eigenvalue weighted by atomic mass is 19.4. The molecule has 198 valence electrons. The summed E-state index contributed by atoms with van der Waals surface area (Å²) in [5.41, 5.74) is 0.733. The monoisotopic (exact) mass is 520 g/mol. The Morgan fingerprint density at radius 3 is 2.32 bits per heavy atom. The number of carbonyl (C=O) groups is 1. The smallest absolute Gasteiger partial charge is 0.416 e. The molecule has 5 N–H and O–H groups in total. The van der Waals surface area contributed by atoms with E-state index in [-0.39, 0.29) is 42.6 Å². The van der Waals surface area contributed by atoms with Gasteiger partial charge in [-0.2, -0.15) is 13.2 Å². The molecule has 3 aromatic rings. The zero-order chi connectivity index (χ0) is 27.2. The number of hydrogen-bond donors (Lipinski definition) is 5. The molecule has 6 nitrogen and oxygen atoms in total. The quantitative estimate of drug-likeness (QED) is 0.256. The van der Waals surface area contributed by atoms with Crippen molar-refractivity contribution < 1.29 is 37.7 Å². The van der Waals surface area contributed by atoms with Crippen molar-refractivity contribution in [1.29, 1.82) is 0 Å². The number of halogens is 4. The Balaban J connectivity index is 1.51. The van der Waals surface area contributed by atoms with Crippen LogP contribution in [0.4, 0.5) is 17.6 Å². The predicted molar refractivity (Wildman–Crippen MR) is 129 cm³/mol. The van der Waals surface area contributed by atoms with Crippen LogP contribution in [-0.4, -0.2) is 33.8 Å². The van der Waals surface area contributed by atoms with E-state index in [1.807, 2.05) is 19.1 Å². The Kier molecular flexibility index (Phi) is 9.12. The van der Waals surface area contributed by atoms with E-state index >= 15 is 0 Å². The number of phenolic OH excluding ortho intramolecular Hbond substituents is 2. The van der Waals surface area contributed by atoms with Gasteiger partial charge in [-0.05, 0) is 60.4 Å². The topological polar surface area (TPSA) is 102 Å². The molecular weight excluding hydrogens is 492 g/mol. The number of carbonyl (C=O) groups excluding carboxylic acids is 1. The highest BCUT2D eigenvalue weighted by Gasteiger charge is 2.31. The van der Waals surface area contributed by atoms with Crippen LogP contribution in [0.1, 0.15) is 40.8 Å². The largest absolute Gasteiger partial charge is 0.508 e. The summed E-state index contributed by atoms with van der Waals surface area (Å²) >= 11 is 0. The van der Waals surface area contributed by atoms with Crippen LogP contribution in [0.2, 0.25) is 0 Å². The van der Waals surface area contributed by atoms with E-state index in [4.69, 9.17) is 0 Å². The third-order valence-electron chi connectivity index (χ3n) is 5.72. The number of aliphatic hydroxyl groups excluding tert-OH is 1. The molecule has 0 heterocycles. The van der Waals surface area contributed by atoms with Gasteiger partial charge in [-0.25, -0.2) is 4.39 Å². The average Bonchev–Trinajstić information content (AvgIpc) is 2.81. The number of alkyl halides is 3. The first-order chi connectivity index (χ1) is 17.4. The molecule has 3 rings (SSSR count). The van der Waals surface area contributed by atoms with Crippen molar-refractivity contribution in [1.82, 2.24) is 10.6 Å². The maximum atomic E-state index is 13.9. The normalized spacial score (nSPS) is 13.2. The second-order valence-electron chi connectivity index (χ2n) is 8.89. The maximum absolute atomic E-state index is 13.9. The Bertz CT molecular complexity index is 1210. The second-order valence-corrected chi connectivity index (χ2v) is 8.89. The molecule has 0 bridgehead atoms. The lowest BCUT2D eigenvalue weighted by molar-refractivity contribution is -0.137. The molecule has 0 radical (unpaired) electrons. The van der Waals surface area contributed by atoms with E-state index in [9.17, 15) is 37.7 Å². The number of nitrogens with one attached hydrogen (secondary N) is 2. The van der Waals surface area contributed by atoms with Gasteiger partial charge in [0, 0.05) is 30.8 Å². The first-order valence-electron chi connectivity index (χ1n) is 11.5. The minimum atomic E-state index is -4.61. The van der Waals surface area contributed by atoms with Crippen molar-refractivity contribution in [3.8, 4) is 11.5 Å². The van der Waals surface area contributed by atoms with Gasteiger partial charge in [-0.3, -0.25) is 4.79 Å². The molecule has 0 fully saturated rings. The predicted octanol–water partition coefficient (Wildman–Crippen LogP) is 4.37. The minimum absolute atomic E-state index is 0.0318. The zero-order valence-electron chi connectivity index (χ0n) is 20.0. The van der Waals surface area contributed by atoms with Crippen LogP contribution in [0.3, 0.4) is 0 Å². The Morgan fingerprint density at radius 1 is 0.973 bits per heavy atom. The summed E-state index contributed by atoms with van der Waals surface area (Å²) in [5, 5.41) is 35.1. The van der Waals surface area contributed by atoms with Crippen LogP contribution < -0.4 is 10.6 Å². The van der Waals surface area contributed by atoms with Crippen molar-refractivity contribution in [2.75, 3.05) is 6.54 Å². The van der Waals surface area contributed by atoms with Crippen molar-refractivity contribution in [2.45, 2.75) is 44.6 Å². The molecule has 0 aliphatic heterocycles. The molecule has 0 saturated heterocycles. The van der Waals surface area contributed by atoms with Crippen molar-refractivity contribution in [2.24, 2.45) is 0 Å². The first-order valence-corrected chi connectivity index (χ1v) is 11.5. The number of aliphatic hydroxyl groups is 1. The average molecular weight is 521 g/mol. The van der Waals surface area contributed by atoms with Crippen LogP contribution in [0.5, 0.6) is 11.5 Å². The summed E-state index contributed by atoms with van der Waals surface area (Å²) in [4.78, 5) is 12.3. The van der Waals surface area contributed by atoms with Gasteiger partial charge in [0.2, 0.25) is 5.91 Å². The van der Waals surface area contributed by atoms with Gasteiger partial charge in [0.15, 0.2) is 0 Å². The Labute approximate surface area is 211 Å². The summed E-state index contributed by atoms with van der Waals surface area (Å²) in [6.45, 7) is 1.72. The van der Waals surface area contributed by atoms with Crippen LogP contribution >= 0.6 is 0 Å². The second kappa shape index (κ2) is 12.1. The molecule has 0 aliphatic carbocycles. The minimum Gasteiger partial charge on any atom is -0.508 e. The molecule has 10 heteroatoms. The number of rotatable bonds is 10. The van der Waals surface area contributed by atoms with E-state index in [0.29, 0.717) is 29.7 Å². The Hall–Kier alpha value is -3.63. The molecule has 0 aromatic heterocycles. The summed E-state index contributed by atoms with van der Waals surface area (Å²) in [5.74, 6) is -1.59. The molecule has 1 amide bonds. The fourth-order valence-electron chi connectivity index (χ4n) is 3.86. The molecule has 0 saturated carbocycles. The van der Waals surface area contributed by atoms with E-state index < -0.39 is 29.6 Å². The highest BCUT2D eigenvalue weighted by molar-refractivity contribution is 5.78. The van der Waals surface area contributed by atoms with Crippen molar-refractivity contribution >= 4 is 5.91 Å². The third kappa shape index (κ3) is 8.47. The summed E-state index contributed by atoms with van der Waals surface area (Å²) < 4.78 is 52.5. The molecule has 2 unspecified atom stereocenters. The molecule has 2 atom stereocenters. The van der Waals surface area contributed by atoms with Crippen molar-refractivity contribution in [3.63, 3.8) is 0 Å². The van der Waals surface area contributed by atoms with Gasteiger partial charge in [-0.15, -0.1) is 0 Å². The molecule has 0 aliphatic rings. The molecule has 37 heavy (non-hydrogen) atoms. The fraction of sp³-hybridized carbons (Fsp3) is 0.296. The lowest BCUT2D eigenvalue weighted by Crippen LogP contribution is -2.32. The summed E-state index contributed by atoms with van der Waals surface area (Å²) in [6.07, 6.45) is -5.01. The number of hydrogen-bond acceptors (Lipinski definition) is 5. The molecule has 3 aromatic carbocycles. The van der Waals surface area contributed by atoms with Crippen LogP contribution in [-0.2, 0) is 30.4 Å². The standard InChI is InChI=1S/C27H28F4N2O4/c1-16(32-15-25(36)19-11-22(34)13-23(35)12-19)7-17-3-2-4-18(8-17)9-26(37)33-14-20-10-21(27(29,30)31)5-6-24(20)28/h2-6,8,10-13,16,25,32,34-36H,7,9,14-15H2,1H3,(H,33,37). The van der Waals surface area contributed by atoms with Gasteiger partial charge in [0.1, 0.15) is 17.3 Å². The van der Waals surface area contributed by atoms with E-state index in [1.165, 1.54) is 18.2 Å². The third-order valence-corrected chi connectivity index (χ3v) is 5.72. The first kappa shape index (κ1) is 27.9. The molecular formula is C27H28F4N2O4. The fourth-order valence-corrected chi connectivity index (χ4v) is 3.86. The Morgan fingerprint density at radius 2 is 1.65 bits per heavy atom. The molecule has 0 spiro atoms. The van der Waals surface area contributed by atoms with Crippen LogP contribution in [0.25, 0.3) is 0 Å². The van der Waals surface area contributed by atoms with E-state index in [0.717, 1.165) is 11.6 Å². The van der Waals surface area contributed by atoms with Crippen LogP contribution in [0.15, 0.2) is 60.7 Å². The van der Waals surface area contributed by atoms with Crippen LogP contribution in [0, 0.1) is 5.82 Å². The lowest BCUT2D eigenvalue weighted by atomic mass is 10.0. The van der Waals surface area contributed by atoms with Gasteiger partial charge < -0.3 is 26.0 Å². The van der Waals surface area contributed by atoms with Gasteiger partial charge in [0.05, 0.1) is 18.1 Å². The van der Waals surface area contributed by atoms with E-state index in [1.54, 1.807) is 12.1 Å². The highest BCUT2D eigenvalue weighted by Crippen LogP contribution is 2.30. The number of phenols is 2.